The van der Waals surface area contributed by atoms with Crippen LogP contribution in [0.5, 0.6) is 0 Å². The van der Waals surface area contributed by atoms with Crippen LogP contribution in [0.4, 0.5) is 27.5 Å². The molecule has 0 amide bonds. The van der Waals surface area contributed by atoms with Crippen LogP contribution >= 0.6 is 0 Å². The van der Waals surface area contributed by atoms with Gasteiger partial charge in [0.15, 0.2) is 17.2 Å². The van der Waals surface area contributed by atoms with Gasteiger partial charge in [-0.25, -0.2) is 14.2 Å². The molecule has 5 aromatic rings. The summed E-state index contributed by atoms with van der Waals surface area (Å²) in [5.41, 5.74) is 5.39. The smallest absolute Gasteiger partial charge is 0.408 e. The summed E-state index contributed by atoms with van der Waals surface area (Å²) in [6.07, 6.45) is 4.58. The Kier molecular flexibility index (Phi) is 4.83. The molecule has 0 bridgehead atoms. The Morgan fingerprint density at radius 3 is 2.62 bits per heavy atom. The molecule has 0 unspecified atom stereocenters. The van der Waals surface area contributed by atoms with Gasteiger partial charge in [-0.3, -0.25) is 9.97 Å². The Balaban J connectivity index is 1.42. The fraction of sp³-hybridized carbons (Fsp3) is 0.0435. The summed E-state index contributed by atoms with van der Waals surface area (Å²) >= 11 is 0. The van der Waals surface area contributed by atoms with E-state index in [9.17, 15) is 9.18 Å². The summed E-state index contributed by atoms with van der Waals surface area (Å²) in [4.78, 5) is 26.3. The number of pyridine rings is 1. The number of oxazole rings is 1. The van der Waals surface area contributed by atoms with Gasteiger partial charge in [-0.2, -0.15) is 4.98 Å². The monoisotopic (exact) mass is 428 g/mol. The molecule has 0 atom stereocenters. The molecule has 0 saturated heterocycles. The van der Waals surface area contributed by atoms with Crippen LogP contribution < -0.4 is 16.4 Å². The summed E-state index contributed by atoms with van der Waals surface area (Å²) in [5.74, 6) is -0.941. The lowest BCUT2D eigenvalue weighted by molar-refractivity contribution is 0.555. The molecule has 3 N–H and O–H groups in total. The minimum absolute atomic E-state index is 0.00541. The van der Waals surface area contributed by atoms with Gasteiger partial charge in [-0.1, -0.05) is 6.07 Å². The highest BCUT2D eigenvalue weighted by molar-refractivity contribution is 5.78. The minimum atomic E-state index is -0.613. The molecule has 0 radical (unpaired) electrons. The van der Waals surface area contributed by atoms with E-state index in [0.29, 0.717) is 16.8 Å². The molecule has 0 fully saturated rings. The van der Waals surface area contributed by atoms with Crippen LogP contribution in [0.3, 0.4) is 0 Å². The van der Waals surface area contributed by atoms with Crippen molar-refractivity contribution in [3.05, 3.63) is 89.1 Å². The minimum Gasteiger partial charge on any atom is -0.408 e. The van der Waals surface area contributed by atoms with Gasteiger partial charge in [0.2, 0.25) is 5.95 Å². The highest BCUT2D eigenvalue weighted by Crippen LogP contribution is 2.28. The predicted molar refractivity (Wildman–Crippen MR) is 120 cm³/mol. The maximum Gasteiger partial charge on any atom is 0.417 e. The van der Waals surface area contributed by atoms with Crippen molar-refractivity contribution in [1.82, 2.24) is 19.9 Å². The summed E-state index contributed by atoms with van der Waals surface area (Å²) in [7, 11) is 0. The molecule has 0 saturated carbocycles. The Morgan fingerprint density at radius 1 is 1.00 bits per heavy atom. The highest BCUT2D eigenvalue weighted by atomic mass is 19.1. The van der Waals surface area contributed by atoms with Crippen molar-refractivity contribution in [2.24, 2.45) is 0 Å². The number of halogens is 1. The van der Waals surface area contributed by atoms with E-state index in [1.54, 1.807) is 30.6 Å². The average molecular weight is 428 g/mol. The first-order valence-electron chi connectivity index (χ1n) is 9.76. The molecular formula is C23H17FN6O2. The standard InChI is InChI=1S/C23H17FN6O2/c1-13-2-3-15(10-17(13)14-6-8-25-9-7-14)28-22-26-12-18(24)21(30-22)27-16-4-5-20-19(11-16)29-23(31)32-20/h2-12H,1H3,(H,29,31)(H2,26,27,28,30). The molecule has 0 aliphatic carbocycles. The zero-order valence-corrected chi connectivity index (χ0v) is 16.9. The lowest BCUT2D eigenvalue weighted by Crippen LogP contribution is -2.03. The third-order valence-corrected chi connectivity index (χ3v) is 4.91. The summed E-state index contributed by atoms with van der Waals surface area (Å²) in [6, 6.07) is 14.7. The van der Waals surface area contributed by atoms with Crippen LogP contribution in [-0.4, -0.2) is 19.9 Å². The summed E-state index contributed by atoms with van der Waals surface area (Å²) in [6.45, 7) is 2.03. The van der Waals surface area contributed by atoms with Crippen molar-refractivity contribution >= 4 is 34.2 Å². The molecule has 8 nitrogen and oxygen atoms in total. The predicted octanol–water partition coefficient (Wildman–Crippen LogP) is 4.91. The van der Waals surface area contributed by atoms with Crippen molar-refractivity contribution in [3.8, 4) is 11.1 Å². The van der Waals surface area contributed by atoms with Crippen molar-refractivity contribution in [1.29, 1.82) is 0 Å². The number of rotatable bonds is 5. The largest absolute Gasteiger partial charge is 0.417 e. The molecule has 3 aromatic heterocycles. The molecule has 0 aliphatic rings. The molecule has 158 valence electrons. The number of anilines is 4. The van der Waals surface area contributed by atoms with E-state index in [0.717, 1.165) is 28.6 Å². The van der Waals surface area contributed by atoms with Crippen LogP contribution in [0.2, 0.25) is 0 Å². The highest BCUT2D eigenvalue weighted by Gasteiger charge is 2.10. The van der Waals surface area contributed by atoms with Gasteiger partial charge in [-0.05, 0) is 66.1 Å². The fourth-order valence-electron chi connectivity index (χ4n) is 3.35. The van der Waals surface area contributed by atoms with Crippen molar-refractivity contribution in [2.45, 2.75) is 6.92 Å². The third-order valence-electron chi connectivity index (χ3n) is 4.91. The number of hydrogen-bond acceptors (Lipinski definition) is 7. The second-order valence-electron chi connectivity index (χ2n) is 7.13. The molecule has 3 heterocycles. The van der Waals surface area contributed by atoms with Crippen molar-refractivity contribution < 1.29 is 8.81 Å². The molecule has 5 rings (SSSR count). The number of aromatic nitrogens is 4. The number of H-pyrrole nitrogens is 1. The molecular weight excluding hydrogens is 411 g/mol. The molecule has 0 spiro atoms. The van der Waals surface area contributed by atoms with E-state index >= 15 is 0 Å². The Morgan fingerprint density at radius 2 is 1.78 bits per heavy atom. The summed E-state index contributed by atoms with van der Waals surface area (Å²) < 4.78 is 19.3. The van der Waals surface area contributed by atoms with Crippen LogP contribution in [0.15, 0.2) is 76.3 Å². The maximum absolute atomic E-state index is 14.4. The first-order chi connectivity index (χ1) is 15.5. The van der Waals surface area contributed by atoms with Gasteiger partial charge in [0.25, 0.3) is 0 Å². The van der Waals surface area contributed by atoms with Gasteiger partial charge in [0.05, 0.1) is 11.7 Å². The zero-order chi connectivity index (χ0) is 22.1. The van der Waals surface area contributed by atoms with Gasteiger partial charge >= 0.3 is 5.76 Å². The van der Waals surface area contributed by atoms with E-state index < -0.39 is 11.6 Å². The Labute approximate surface area is 181 Å². The van der Waals surface area contributed by atoms with E-state index in [2.05, 4.69) is 30.6 Å². The van der Waals surface area contributed by atoms with Crippen LogP contribution in [0.1, 0.15) is 5.56 Å². The molecule has 9 heteroatoms. The van der Waals surface area contributed by atoms with Crippen molar-refractivity contribution in [2.75, 3.05) is 10.6 Å². The number of fused-ring (bicyclic) bond motifs is 1. The quantitative estimate of drug-likeness (QED) is 0.365. The lowest BCUT2D eigenvalue weighted by Gasteiger charge is -2.12. The second kappa shape index (κ2) is 7.95. The van der Waals surface area contributed by atoms with Gasteiger partial charge in [0, 0.05) is 23.8 Å². The first-order valence-corrected chi connectivity index (χ1v) is 9.76. The number of hydrogen-bond donors (Lipinski definition) is 3. The zero-order valence-electron chi connectivity index (χ0n) is 16.9. The third kappa shape index (κ3) is 3.91. The number of aromatic amines is 1. The van der Waals surface area contributed by atoms with Gasteiger partial charge in [0.1, 0.15) is 0 Å². The van der Waals surface area contributed by atoms with E-state index in [4.69, 9.17) is 4.42 Å². The SMILES string of the molecule is Cc1ccc(Nc2ncc(F)c(Nc3ccc4oc(=O)[nH]c4c3)n2)cc1-c1ccncc1. The number of aryl methyl sites for hydroxylation is 1. The first kappa shape index (κ1) is 19.4. The molecule has 32 heavy (non-hydrogen) atoms. The second-order valence-corrected chi connectivity index (χ2v) is 7.13. The number of benzene rings is 2. The normalized spacial score (nSPS) is 10.9. The van der Waals surface area contributed by atoms with E-state index in [1.807, 2.05) is 37.3 Å². The van der Waals surface area contributed by atoms with E-state index in [1.165, 1.54) is 0 Å². The van der Waals surface area contributed by atoms with Crippen LogP contribution in [0, 0.1) is 12.7 Å². The Bertz CT molecular complexity index is 1480. The lowest BCUT2D eigenvalue weighted by atomic mass is 10.0. The fourth-order valence-corrected chi connectivity index (χ4v) is 3.35. The molecule has 0 aliphatic heterocycles. The van der Waals surface area contributed by atoms with Gasteiger partial charge in [-0.15, -0.1) is 0 Å². The van der Waals surface area contributed by atoms with Gasteiger partial charge < -0.3 is 15.1 Å². The Hall–Kier alpha value is -4.53. The van der Waals surface area contributed by atoms with E-state index in [-0.39, 0.29) is 11.8 Å². The number of nitrogens with zero attached hydrogens (tertiary/aromatic N) is 3. The topological polar surface area (TPSA) is 109 Å². The average Bonchev–Trinajstić information content (AvgIpc) is 3.17. The van der Waals surface area contributed by atoms with Crippen LogP contribution in [0.25, 0.3) is 22.2 Å². The maximum atomic E-state index is 14.4. The summed E-state index contributed by atoms with van der Waals surface area (Å²) in [5, 5.41) is 6.03. The van der Waals surface area contributed by atoms with Crippen LogP contribution in [-0.2, 0) is 0 Å². The molecule has 2 aromatic carbocycles. The number of nitrogens with one attached hydrogen (secondary N) is 3. The van der Waals surface area contributed by atoms with Crippen molar-refractivity contribution in [3.63, 3.8) is 0 Å².